The Kier molecular flexibility index (Phi) is 10.5. The zero-order valence-electron chi connectivity index (χ0n) is 11.4. The van der Waals surface area contributed by atoms with Crippen molar-refractivity contribution in [1.29, 1.82) is 0 Å². The first-order chi connectivity index (χ1) is 8.76. The molecule has 0 saturated heterocycles. The summed E-state index contributed by atoms with van der Waals surface area (Å²) < 4.78 is 10.00. The summed E-state index contributed by atoms with van der Waals surface area (Å²) in [6.07, 6.45) is 0. The first kappa shape index (κ1) is 18.1. The summed E-state index contributed by atoms with van der Waals surface area (Å²) in [7, 11) is 3.33. The van der Waals surface area contributed by atoms with Crippen molar-refractivity contribution in [3.63, 3.8) is 0 Å². The second-order valence-electron chi connectivity index (χ2n) is 3.87. The molecule has 0 fully saturated rings. The number of rotatable bonds is 7. The molecule has 0 amide bonds. The summed E-state index contributed by atoms with van der Waals surface area (Å²) in [5, 5.41) is 2.97. The number of ether oxygens (including phenoxy) is 2. The van der Waals surface area contributed by atoms with Crippen molar-refractivity contribution in [3.8, 4) is 0 Å². The SMILES string of the molecule is COCCNC(N)=NCc1cccc(COC)c1.I. The Labute approximate surface area is 131 Å². The molecule has 0 bridgehead atoms. The van der Waals surface area contributed by atoms with Gasteiger partial charge >= 0.3 is 0 Å². The topological polar surface area (TPSA) is 68.9 Å². The van der Waals surface area contributed by atoms with E-state index in [1.165, 1.54) is 0 Å². The van der Waals surface area contributed by atoms with Crippen LogP contribution in [0, 0.1) is 0 Å². The molecule has 0 aliphatic carbocycles. The van der Waals surface area contributed by atoms with Crippen LogP contribution in [0.3, 0.4) is 0 Å². The Morgan fingerprint density at radius 1 is 1.26 bits per heavy atom. The van der Waals surface area contributed by atoms with Crippen molar-refractivity contribution in [1.82, 2.24) is 5.32 Å². The molecule has 0 aromatic heterocycles. The number of aliphatic imine (C=N–C) groups is 1. The van der Waals surface area contributed by atoms with Crippen LogP contribution < -0.4 is 11.1 Å². The zero-order chi connectivity index (χ0) is 13.2. The van der Waals surface area contributed by atoms with Gasteiger partial charge in [0, 0.05) is 20.8 Å². The normalized spacial score (nSPS) is 10.9. The Balaban J connectivity index is 0.00000324. The average molecular weight is 379 g/mol. The van der Waals surface area contributed by atoms with E-state index in [0.29, 0.717) is 32.3 Å². The molecule has 0 atom stereocenters. The summed E-state index contributed by atoms with van der Waals surface area (Å²) in [6.45, 7) is 2.44. The van der Waals surface area contributed by atoms with Crippen molar-refractivity contribution in [3.05, 3.63) is 35.4 Å². The van der Waals surface area contributed by atoms with Gasteiger partial charge in [0.25, 0.3) is 0 Å². The molecule has 0 saturated carbocycles. The standard InChI is InChI=1S/C13H21N3O2.HI/c1-17-7-6-15-13(14)16-9-11-4-3-5-12(8-11)10-18-2;/h3-5,8H,6-7,9-10H2,1-2H3,(H3,14,15,16);1H. The number of guanidine groups is 1. The maximum absolute atomic E-state index is 5.72. The van der Waals surface area contributed by atoms with Gasteiger partial charge < -0.3 is 20.5 Å². The molecular formula is C13H22IN3O2. The number of methoxy groups -OCH3 is 2. The van der Waals surface area contributed by atoms with E-state index in [-0.39, 0.29) is 24.0 Å². The van der Waals surface area contributed by atoms with Gasteiger partial charge in [-0.05, 0) is 11.1 Å². The van der Waals surface area contributed by atoms with Gasteiger partial charge in [-0.3, -0.25) is 0 Å². The lowest BCUT2D eigenvalue weighted by atomic mass is 10.1. The minimum absolute atomic E-state index is 0. The number of benzene rings is 1. The molecule has 0 aliphatic rings. The summed E-state index contributed by atoms with van der Waals surface area (Å²) in [5.41, 5.74) is 7.97. The largest absolute Gasteiger partial charge is 0.383 e. The van der Waals surface area contributed by atoms with Gasteiger partial charge in [0.05, 0.1) is 19.8 Å². The lowest BCUT2D eigenvalue weighted by Gasteiger charge is -2.05. The van der Waals surface area contributed by atoms with E-state index in [1.807, 2.05) is 18.2 Å². The van der Waals surface area contributed by atoms with Gasteiger partial charge in [0.1, 0.15) is 0 Å². The molecule has 1 aromatic carbocycles. The second kappa shape index (κ2) is 11.0. The van der Waals surface area contributed by atoms with Crippen molar-refractivity contribution in [2.75, 3.05) is 27.4 Å². The van der Waals surface area contributed by atoms with Crippen LogP contribution in [0.5, 0.6) is 0 Å². The molecule has 108 valence electrons. The average Bonchev–Trinajstić information content (AvgIpc) is 2.38. The van der Waals surface area contributed by atoms with E-state index in [0.717, 1.165) is 11.1 Å². The van der Waals surface area contributed by atoms with Crippen molar-refractivity contribution < 1.29 is 9.47 Å². The van der Waals surface area contributed by atoms with E-state index >= 15 is 0 Å². The Morgan fingerprint density at radius 2 is 2.00 bits per heavy atom. The monoisotopic (exact) mass is 379 g/mol. The lowest BCUT2D eigenvalue weighted by molar-refractivity contribution is 0.185. The molecule has 0 spiro atoms. The molecule has 3 N–H and O–H groups in total. The zero-order valence-corrected chi connectivity index (χ0v) is 13.7. The van der Waals surface area contributed by atoms with Crippen LogP contribution >= 0.6 is 24.0 Å². The van der Waals surface area contributed by atoms with Gasteiger partial charge in [0.2, 0.25) is 0 Å². The predicted octanol–water partition coefficient (Wildman–Crippen LogP) is 1.50. The van der Waals surface area contributed by atoms with E-state index in [1.54, 1.807) is 14.2 Å². The molecule has 19 heavy (non-hydrogen) atoms. The minimum atomic E-state index is 0. The minimum Gasteiger partial charge on any atom is -0.383 e. The van der Waals surface area contributed by atoms with Crippen LogP contribution in [0.2, 0.25) is 0 Å². The third kappa shape index (κ3) is 8.02. The van der Waals surface area contributed by atoms with Crippen molar-refractivity contribution in [2.24, 2.45) is 10.7 Å². The predicted molar refractivity (Wildman–Crippen MR) is 87.8 cm³/mol. The quantitative estimate of drug-likeness (QED) is 0.326. The van der Waals surface area contributed by atoms with Gasteiger partial charge in [-0.15, -0.1) is 24.0 Å². The molecule has 1 aromatic rings. The second-order valence-corrected chi connectivity index (χ2v) is 3.87. The van der Waals surface area contributed by atoms with E-state index in [9.17, 15) is 0 Å². The fourth-order valence-corrected chi connectivity index (χ4v) is 1.50. The highest BCUT2D eigenvalue weighted by atomic mass is 127. The molecule has 6 heteroatoms. The molecule has 1 rings (SSSR count). The summed E-state index contributed by atoms with van der Waals surface area (Å²) in [6, 6.07) is 8.10. The summed E-state index contributed by atoms with van der Waals surface area (Å²) in [5.74, 6) is 0.434. The highest BCUT2D eigenvalue weighted by molar-refractivity contribution is 14.0. The van der Waals surface area contributed by atoms with Gasteiger partial charge in [-0.2, -0.15) is 0 Å². The fraction of sp³-hybridized carbons (Fsp3) is 0.462. The first-order valence-electron chi connectivity index (χ1n) is 5.85. The molecular weight excluding hydrogens is 357 g/mol. The van der Waals surface area contributed by atoms with Gasteiger partial charge in [-0.1, -0.05) is 24.3 Å². The first-order valence-corrected chi connectivity index (χ1v) is 5.85. The smallest absolute Gasteiger partial charge is 0.188 e. The Morgan fingerprint density at radius 3 is 2.68 bits per heavy atom. The molecule has 0 aliphatic heterocycles. The molecule has 0 unspecified atom stereocenters. The number of nitrogens with one attached hydrogen (secondary N) is 1. The van der Waals surface area contributed by atoms with E-state index in [4.69, 9.17) is 15.2 Å². The maximum Gasteiger partial charge on any atom is 0.188 e. The maximum atomic E-state index is 5.72. The molecule has 0 heterocycles. The number of hydrogen-bond acceptors (Lipinski definition) is 3. The summed E-state index contributed by atoms with van der Waals surface area (Å²) >= 11 is 0. The molecule has 5 nitrogen and oxygen atoms in total. The number of halogens is 1. The van der Waals surface area contributed by atoms with Crippen molar-refractivity contribution >= 4 is 29.9 Å². The van der Waals surface area contributed by atoms with Gasteiger partial charge in [-0.25, -0.2) is 4.99 Å². The number of nitrogens with zero attached hydrogens (tertiary/aromatic N) is 1. The molecule has 0 radical (unpaired) electrons. The van der Waals surface area contributed by atoms with Crippen LogP contribution in [0.4, 0.5) is 0 Å². The lowest BCUT2D eigenvalue weighted by Crippen LogP contribution is -2.34. The Bertz CT molecular complexity index is 386. The summed E-state index contributed by atoms with van der Waals surface area (Å²) in [4.78, 5) is 4.25. The van der Waals surface area contributed by atoms with Crippen molar-refractivity contribution in [2.45, 2.75) is 13.2 Å². The number of hydrogen-bond donors (Lipinski definition) is 2. The highest BCUT2D eigenvalue weighted by Gasteiger charge is 1.96. The van der Waals surface area contributed by atoms with Crippen LogP contribution in [0.25, 0.3) is 0 Å². The van der Waals surface area contributed by atoms with E-state index < -0.39 is 0 Å². The Hall–Kier alpha value is -0.860. The fourth-order valence-electron chi connectivity index (χ4n) is 1.50. The van der Waals surface area contributed by atoms with E-state index in [2.05, 4.69) is 16.4 Å². The third-order valence-corrected chi connectivity index (χ3v) is 2.35. The van der Waals surface area contributed by atoms with Crippen LogP contribution in [-0.2, 0) is 22.6 Å². The van der Waals surface area contributed by atoms with Crippen LogP contribution in [0.1, 0.15) is 11.1 Å². The van der Waals surface area contributed by atoms with Crippen LogP contribution in [0.15, 0.2) is 29.3 Å². The highest BCUT2D eigenvalue weighted by Crippen LogP contribution is 2.07. The van der Waals surface area contributed by atoms with Gasteiger partial charge in [0.15, 0.2) is 5.96 Å². The van der Waals surface area contributed by atoms with Crippen LogP contribution in [-0.4, -0.2) is 33.3 Å². The number of nitrogens with two attached hydrogens (primary N) is 1. The third-order valence-electron chi connectivity index (χ3n) is 2.35.